The van der Waals surface area contributed by atoms with Crippen LogP contribution in [0.5, 0.6) is 0 Å². The van der Waals surface area contributed by atoms with Crippen LogP contribution >= 0.6 is 0 Å². The van der Waals surface area contributed by atoms with Crippen molar-refractivity contribution in [2.75, 3.05) is 6.54 Å². The van der Waals surface area contributed by atoms with Crippen LogP contribution in [-0.2, 0) is 26.0 Å². The SMILES string of the molecule is CCc1ccc(CCNC(=O)NCc2ccccc2CO)cc1. The first kappa shape index (κ1) is 17.0. The topological polar surface area (TPSA) is 61.4 Å². The number of hydrogen-bond donors (Lipinski definition) is 3. The van der Waals surface area contributed by atoms with E-state index in [-0.39, 0.29) is 12.6 Å². The second-order valence-electron chi connectivity index (χ2n) is 5.46. The minimum Gasteiger partial charge on any atom is -0.392 e. The van der Waals surface area contributed by atoms with E-state index in [1.807, 2.05) is 24.3 Å². The monoisotopic (exact) mass is 312 g/mol. The van der Waals surface area contributed by atoms with Gasteiger partial charge >= 0.3 is 6.03 Å². The molecule has 0 aliphatic rings. The number of hydrogen-bond acceptors (Lipinski definition) is 2. The lowest BCUT2D eigenvalue weighted by atomic mass is 10.1. The molecule has 0 heterocycles. The van der Waals surface area contributed by atoms with Gasteiger partial charge in [0.15, 0.2) is 0 Å². The molecular weight excluding hydrogens is 288 g/mol. The Bertz CT molecular complexity index is 624. The molecule has 0 aromatic heterocycles. The molecule has 0 fully saturated rings. The molecule has 23 heavy (non-hydrogen) atoms. The molecule has 3 N–H and O–H groups in total. The number of carbonyl (C=O) groups excluding carboxylic acids is 1. The molecule has 2 rings (SSSR count). The van der Waals surface area contributed by atoms with Crippen LogP contribution in [0.25, 0.3) is 0 Å². The molecule has 0 saturated heterocycles. The average Bonchev–Trinajstić information content (AvgIpc) is 2.60. The van der Waals surface area contributed by atoms with Crippen LogP contribution in [0.4, 0.5) is 4.79 Å². The Labute approximate surface area is 137 Å². The van der Waals surface area contributed by atoms with E-state index in [0.717, 1.165) is 24.0 Å². The molecule has 0 spiro atoms. The molecule has 0 unspecified atom stereocenters. The Morgan fingerprint density at radius 3 is 2.26 bits per heavy atom. The van der Waals surface area contributed by atoms with Gasteiger partial charge < -0.3 is 15.7 Å². The van der Waals surface area contributed by atoms with Crippen molar-refractivity contribution in [3.05, 3.63) is 70.8 Å². The largest absolute Gasteiger partial charge is 0.392 e. The average molecular weight is 312 g/mol. The first-order valence-corrected chi connectivity index (χ1v) is 8.00. The van der Waals surface area contributed by atoms with Crippen LogP contribution in [0, 0.1) is 0 Å². The highest BCUT2D eigenvalue weighted by atomic mass is 16.3. The van der Waals surface area contributed by atoms with Crippen LogP contribution in [-0.4, -0.2) is 17.7 Å². The molecule has 122 valence electrons. The van der Waals surface area contributed by atoms with E-state index >= 15 is 0 Å². The maximum Gasteiger partial charge on any atom is 0.315 e. The van der Waals surface area contributed by atoms with Crippen molar-refractivity contribution >= 4 is 6.03 Å². The second-order valence-corrected chi connectivity index (χ2v) is 5.46. The van der Waals surface area contributed by atoms with Crippen molar-refractivity contribution in [3.8, 4) is 0 Å². The molecule has 2 aromatic carbocycles. The van der Waals surface area contributed by atoms with Crippen LogP contribution in [0.2, 0.25) is 0 Å². The van der Waals surface area contributed by atoms with E-state index in [1.54, 1.807) is 0 Å². The van der Waals surface area contributed by atoms with Gasteiger partial charge in [-0.3, -0.25) is 0 Å². The molecular formula is C19H24N2O2. The summed E-state index contributed by atoms with van der Waals surface area (Å²) in [7, 11) is 0. The van der Waals surface area contributed by atoms with Gasteiger partial charge in [0.1, 0.15) is 0 Å². The van der Waals surface area contributed by atoms with E-state index in [1.165, 1.54) is 11.1 Å². The highest BCUT2D eigenvalue weighted by molar-refractivity contribution is 5.73. The van der Waals surface area contributed by atoms with Gasteiger partial charge in [0.2, 0.25) is 0 Å². The summed E-state index contributed by atoms with van der Waals surface area (Å²) in [5.74, 6) is 0. The van der Waals surface area contributed by atoms with Gasteiger partial charge in [0, 0.05) is 13.1 Å². The molecule has 0 aliphatic carbocycles. The van der Waals surface area contributed by atoms with Gasteiger partial charge in [0.25, 0.3) is 0 Å². The lowest BCUT2D eigenvalue weighted by Gasteiger charge is -2.10. The van der Waals surface area contributed by atoms with Crippen molar-refractivity contribution in [1.82, 2.24) is 10.6 Å². The van der Waals surface area contributed by atoms with Gasteiger partial charge in [-0.2, -0.15) is 0 Å². The zero-order valence-corrected chi connectivity index (χ0v) is 13.5. The maximum atomic E-state index is 11.8. The summed E-state index contributed by atoms with van der Waals surface area (Å²) in [5, 5.41) is 14.9. The fraction of sp³-hybridized carbons (Fsp3) is 0.316. The van der Waals surface area contributed by atoms with Crippen molar-refractivity contribution < 1.29 is 9.90 Å². The standard InChI is InChI=1S/C19H24N2O2/c1-2-15-7-9-16(10-8-15)11-12-20-19(23)21-13-17-5-3-4-6-18(17)14-22/h3-10,22H,2,11-14H2,1H3,(H2,20,21,23). The molecule has 0 radical (unpaired) electrons. The summed E-state index contributed by atoms with van der Waals surface area (Å²) in [6, 6.07) is 15.8. The zero-order chi connectivity index (χ0) is 16.5. The molecule has 0 saturated carbocycles. The number of aliphatic hydroxyl groups excluding tert-OH is 1. The van der Waals surface area contributed by atoms with Crippen molar-refractivity contribution in [2.24, 2.45) is 0 Å². The van der Waals surface area contributed by atoms with Crippen molar-refractivity contribution in [1.29, 1.82) is 0 Å². The zero-order valence-electron chi connectivity index (χ0n) is 13.5. The Hall–Kier alpha value is -2.33. The van der Waals surface area contributed by atoms with E-state index < -0.39 is 0 Å². The fourth-order valence-electron chi connectivity index (χ4n) is 2.38. The number of nitrogens with one attached hydrogen (secondary N) is 2. The summed E-state index contributed by atoms with van der Waals surface area (Å²) in [6.45, 7) is 3.12. The summed E-state index contributed by atoms with van der Waals surface area (Å²) >= 11 is 0. The van der Waals surface area contributed by atoms with Crippen molar-refractivity contribution in [3.63, 3.8) is 0 Å². The summed E-state index contributed by atoms with van der Waals surface area (Å²) in [6.07, 6.45) is 1.85. The van der Waals surface area contributed by atoms with Gasteiger partial charge in [-0.25, -0.2) is 4.79 Å². The third-order valence-electron chi connectivity index (χ3n) is 3.86. The van der Waals surface area contributed by atoms with E-state index in [4.69, 9.17) is 0 Å². The maximum absolute atomic E-state index is 11.8. The molecule has 4 heteroatoms. The fourth-order valence-corrected chi connectivity index (χ4v) is 2.38. The second kappa shape index (κ2) is 8.96. The number of aryl methyl sites for hydroxylation is 1. The number of carbonyl (C=O) groups is 1. The Balaban J connectivity index is 1.72. The quantitative estimate of drug-likeness (QED) is 0.736. The van der Waals surface area contributed by atoms with E-state index in [9.17, 15) is 9.90 Å². The van der Waals surface area contributed by atoms with Gasteiger partial charge in [-0.1, -0.05) is 55.5 Å². The van der Waals surface area contributed by atoms with Crippen LogP contribution in [0.15, 0.2) is 48.5 Å². The Kier molecular flexibility index (Phi) is 6.63. The lowest BCUT2D eigenvalue weighted by Crippen LogP contribution is -2.36. The van der Waals surface area contributed by atoms with Crippen LogP contribution in [0.1, 0.15) is 29.2 Å². The third-order valence-corrected chi connectivity index (χ3v) is 3.86. The number of rotatable bonds is 7. The van der Waals surface area contributed by atoms with Crippen molar-refractivity contribution in [2.45, 2.75) is 32.9 Å². The number of urea groups is 1. The normalized spacial score (nSPS) is 10.3. The van der Waals surface area contributed by atoms with E-state index in [2.05, 4.69) is 41.8 Å². The first-order chi connectivity index (χ1) is 11.2. The number of aliphatic hydroxyl groups is 1. The minimum absolute atomic E-state index is 0.0206. The highest BCUT2D eigenvalue weighted by Gasteiger charge is 2.03. The van der Waals surface area contributed by atoms with Gasteiger partial charge in [0.05, 0.1) is 6.61 Å². The molecule has 2 amide bonds. The number of benzene rings is 2. The predicted molar refractivity (Wildman–Crippen MR) is 92.1 cm³/mol. The van der Waals surface area contributed by atoms with Gasteiger partial charge in [-0.15, -0.1) is 0 Å². The molecule has 2 aromatic rings. The van der Waals surface area contributed by atoms with Crippen LogP contribution in [0.3, 0.4) is 0 Å². The molecule has 0 bridgehead atoms. The number of amides is 2. The summed E-state index contributed by atoms with van der Waals surface area (Å²) in [5.41, 5.74) is 4.30. The highest BCUT2D eigenvalue weighted by Crippen LogP contribution is 2.08. The summed E-state index contributed by atoms with van der Waals surface area (Å²) in [4.78, 5) is 11.8. The predicted octanol–water partition coefficient (Wildman–Crippen LogP) is 2.78. The van der Waals surface area contributed by atoms with Gasteiger partial charge in [-0.05, 0) is 35.1 Å². The molecule has 4 nitrogen and oxygen atoms in total. The molecule has 0 aliphatic heterocycles. The lowest BCUT2D eigenvalue weighted by molar-refractivity contribution is 0.240. The summed E-state index contributed by atoms with van der Waals surface area (Å²) < 4.78 is 0. The van der Waals surface area contributed by atoms with Crippen LogP contribution < -0.4 is 10.6 Å². The third kappa shape index (κ3) is 5.42. The van der Waals surface area contributed by atoms with E-state index in [0.29, 0.717) is 13.1 Å². The minimum atomic E-state index is -0.192. The first-order valence-electron chi connectivity index (χ1n) is 8.00. The molecule has 0 atom stereocenters. The smallest absolute Gasteiger partial charge is 0.315 e. The Morgan fingerprint density at radius 1 is 0.957 bits per heavy atom. The Morgan fingerprint density at radius 2 is 1.61 bits per heavy atom.